The number of anilines is 1. The SMILES string of the molecule is CCCCNS(=O)(=O)c1cc(S(C)(=O)=O)ccc1N. The van der Waals surface area contributed by atoms with Gasteiger partial charge in [0.25, 0.3) is 0 Å². The van der Waals surface area contributed by atoms with E-state index in [1.165, 1.54) is 12.1 Å². The van der Waals surface area contributed by atoms with E-state index in [1.807, 2.05) is 6.92 Å². The monoisotopic (exact) mass is 306 g/mol. The van der Waals surface area contributed by atoms with Crippen molar-refractivity contribution in [2.45, 2.75) is 29.6 Å². The van der Waals surface area contributed by atoms with Crippen molar-refractivity contribution in [3.05, 3.63) is 18.2 Å². The highest BCUT2D eigenvalue weighted by Gasteiger charge is 2.19. The van der Waals surface area contributed by atoms with Gasteiger partial charge >= 0.3 is 0 Å². The zero-order valence-electron chi connectivity index (χ0n) is 10.9. The van der Waals surface area contributed by atoms with Gasteiger partial charge in [0, 0.05) is 12.8 Å². The predicted octanol–water partition coefficient (Wildman–Crippen LogP) is 0.751. The van der Waals surface area contributed by atoms with Gasteiger partial charge in [0.2, 0.25) is 10.0 Å². The first-order valence-corrected chi connectivity index (χ1v) is 9.15. The Bertz CT molecular complexity index is 651. The van der Waals surface area contributed by atoms with E-state index in [1.54, 1.807) is 0 Å². The smallest absolute Gasteiger partial charge is 0.242 e. The van der Waals surface area contributed by atoms with Crippen LogP contribution in [-0.4, -0.2) is 29.6 Å². The van der Waals surface area contributed by atoms with Crippen molar-refractivity contribution in [2.24, 2.45) is 0 Å². The number of nitrogens with one attached hydrogen (secondary N) is 1. The summed E-state index contributed by atoms with van der Waals surface area (Å²) in [5, 5.41) is 0. The first-order chi connectivity index (χ1) is 8.68. The molecule has 0 atom stereocenters. The predicted molar refractivity (Wildman–Crippen MR) is 74.1 cm³/mol. The van der Waals surface area contributed by atoms with Crippen LogP contribution in [0.5, 0.6) is 0 Å². The number of unbranched alkanes of at least 4 members (excludes halogenated alkanes) is 1. The van der Waals surface area contributed by atoms with Crippen LogP contribution < -0.4 is 10.5 Å². The molecule has 1 aromatic carbocycles. The van der Waals surface area contributed by atoms with Crippen molar-refractivity contribution < 1.29 is 16.8 Å². The molecule has 0 spiro atoms. The molecule has 0 unspecified atom stereocenters. The van der Waals surface area contributed by atoms with Gasteiger partial charge in [0.05, 0.1) is 10.6 Å². The van der Waals surface area contributed by atoms with Crippen LogP contribution >= 0.6 is 0 Å². The number of sulfonamides is 1. The Morgan fingerprint density at radius 3 is 2.37 bits per heavy atom. The van der Waals surface area contributed by atoms with Crippen molar-refractivity contribution in [3.8, 4) is 0 Å². The van der Waals surface area contributed by atoms with E-state index < -0.39 is 19.9 Å². The maximum absolute atomic E-state index is 12.0. The standard InChI is InChI=1S/C11H18N2O4S2/c1-3-4-7-13-19(16,17)11-8-9(18(2,14)15)5-6-10(11)12/h5-6,8,13H,3-4,7,12H2,1-2H3. The van der Waals surface area contributed by atoms with Crippen LogP contribution in [0.1, 0.15) is 19.8 Å². The molecule has 6 nitrogen and oxygen atoms in total. The van der Waals surface area contributed by atoms with Gasteiger partial charge in [-0.05, 0) is 24.6 Å². The van der Waals surface area contributed by atoms with Crippen LogP contribution in [0.3, 0.4) is 0 Å². The van der Waals surface area contributed by atoms with Gasteiger partial charge < -0.3 is 5.73 Å². The summed E-state index contributed by atoms with van der Waals surface area (Å²) >= 11 is 0. The van der Waals surface area contributed by atoms with E-state index in [0.29, 0.717) is 13.0 Å². The number of nitrogens with two attached hydrogens (primary N) is 1. The topological polar surface area (TPSA) is 106 Å². The fourth-order valence-corrected chi connectivity index (χ4v) is 3.39. The average molecular weight is 306 g/mol. The molecule has 0 amide bonds. The molecule has 0 saturated carbocycles. The molecule has 0 bridgehead atoms. The fraction of sp³-hybridized carbons (Fsp3) is 0.455. The molecule has 1 rings (SSSR count). The number of rotatable bonds is 6. The van der Waals surface area contributed by atoms with Crippen LogP contribution in [0.4, 0.5) is 5.69 Å². The average Bonchev–Trinajstić information content (AvgIpc) is 2.27. The molecule has 0 saturated heterocycles. The zero-order valence-corrected chi connectivity index (χ0v) is 12.5. The second-order valence-corrected chi connectivity index (χ2v) is 7.97. The minimum Gasteiger partial charge on any atom is -0.398 e. The highest BCUT2D eigenvalue weighted by molar-refractivity contribution is 7.91. The lowest BCUT2D eigenvalue weighted by molar-refractivity contribution is 0.578. The molecule has 19 heavy (non-hydrogen) atoms. The number of nitrogen functional groups attached to an aromatic ring is 1. The van der Waals surface area contributed by atoms with E-state index in [2.05, 4.69) is 4.72 Å². The van der Waals surface area contributed by atoms with E-state index in [9.17, 15) is 16.8 Å². The molecule has 8 heteroatoms. The second kappa shape index (κ2) is 5.89. The van der Waals surface area contributed by atoms with Gasteiger partial charge in [-0.25, -0.2) is 21.6 Å². The number of hydrogen-bond donors (Lipinski definition) is 2. The normalized spacial score (nSPS) is 12.5. The maximum atomic E-state index is 12.0. The summed E-state index contributed by atoms with van der Waals surface area (Å²) < 4.78 is 49.3. The van der Waals surface area contributed by atoms with Gasteiger partial charge in [-0.3, -0.25) is 0 Å². The van der Waals surface area contributed by atoms with Gasteiger partial charge in [-0.15, -0.1) is 0 Å². The highest BCUT2D eigenvalue weighted by Crippen LogP contribution is 2.22. The molecular weight excluding hydrogens is 288 g/mol. The van der Waals surface area contributed by atoms with E-state index in [4.69, 9.17) is 5.73 Å². The van der Waals surface area contributed by atoms with Gasteiger partial charge in [-0.1, -0.05) is 13.3 Å². The van der Waals surface area contributed by atoms with Crippen LogP contribution in [0, 0.1) is 0 Å². The third-order valence-electron chi connectivity index (χ3n) is 2.53. The molecule has 0 aliphatic rings. The Hall–Kier alpha value is -1.12. The number of benzene rings is 1. The Kier molecular flexibility index (Phi) is 4.94. The second-order valence-electron chi connectivity index (χ2n) is 4.22. The lowest BCUT2D eigenvalue weighted by Crippen LogP contribution is -2.25. The van der Waals surface area contributed by atoms with Gasteiger partial charge in [-0.2, -0.15) is 0 Å². The van der Waals surface area contributed by atoms with Crippen molar-refractivity contribution in [3.63, 3.8) is 0 Å². The molecule has 0 heterocycles. The van der Waals surface area contributed by atoms with Crippen LogP contribution in [0.2, 0.25) is 0 Å². The zero-order chi connectivity index (χ0) is 14.7. The Labute approximate surface area is 114 Å². The van der Waals surface area contributed by atoms with Crippen molar-refractivity contribution in [1.82, 2.24) is 4.72 Å². The minimum atomic E-state index is -3.79. The molecular formula is C11H18N2O4S2. The molecule has 3 N–H and O–H groups in total. The van der Waals surface area contributed by atoms with Crippen molar-refractivity contribution >= 4 is 25.5 Å². The van der Waals surface area contributed by atoms with Crippen molar-refractivity contribution in [2.75, 3.05) is 18.5 Å². The summed E-state index contributed by atoms with van der Waals surface area (Å²) in [6.45, 7) is 2.23. The largest absolute Gasteiger partial charge is 0.398 e. The molecule has 1 aromatic rings. The minimum absolute atomic E-state index is 0.0244. The summed E-state index contributed by atoms with van der Waals surface area (Å²) in [6, 6.07) is 3.65. The maximum Gasteiger partial charge on any atom is 0.242 e. The molecule has 0 aliphatic carbocycles. The first kappa shape index (κ1) is 15.9. The lowest BCUT2D eigenvalue weighted by Gasteiger charge is -2.10. The van der Waals surface area contributed by atoms with Crippen LogP contribution in [0.25, 0.3) is 0 Å². The Balaban J connectivity index is 3.19. The van der Waals surface area contributed by atoms with Crippen molar-refractivity contribution in [1.29, 1.82) is 0 Å². The molecule has 0 aliphatic heterocycles. The van der Waals surface area contributed by atoms with Gasteiger partial charge in [0.1, 0.15) is 4.90 Å². The molecule has 0 radical (unpaired) electrons. The third-order valence-corrected chi connectivity index (χ3v) is 5.15. The summed E-state index contributed by atoms with van der Waals surface area (Å²) in [5.74, 6) is 0. The Morgan fingerprint density at radius 2 is 1.84 bits per heavy atom. The van der Waals surface area contributed by atoms with Crippen LogP contribution in [0.15, 0.2) is 28.0 Å². The molecule has 108 valence electrons. The number of hydrogen-bond acceptors (Lipinski definition) is 5. The van der Waals surface area contributed by atoms with E-state index >= 15 is 0 Å². The van der Waals surface area contributed by atoms with E-state index in [0.717, 1.165) is 18.7 Å². The summed E-state index contributed by atoms with van der Waals surface area (Å²) in [5.41, 5.74) is 5.63. The van der Waals surface area contributed by atoms with Crippen LogP contribution in [-0.2, 0) is 19.9 Å². The third kappa shape index (κ3) is 4.19. The lowest BCUT2D eigenvalue weighted by atomic mass is 10.3. The first-order valence-electron chi connectivity index (χ1n) is 5.77. The highest BCUT2D eigenvalue weighted by atomic mass is 32.2. The molecule has 0 fully saturated rings. The quantitative estimate of drug-likeness (QED) is 0.596. The summed E-state index contributed by atoms with van der Waals surface area (Å²) in [4.78, 5) is -0.274. The fourth-order valence-electron chi connectivity index (χ4n) is 1.44. The number of sulfone groups is 1. The summed E-state index contributed by atoms with van der Waals surface area (Å²) in [6.07, 6.45) is 2.56. The Morgan fingerprint density at radius 1 is 1.21 bits per heavy atom. The van der Waals surface area contributed by atoms with E-state index in [-0.39, 0.29) is 15.5 Å². The molecule has 0 aromatic heterocycles. The van der Waals surface area contributed by atoms with Gasteiger partial charge in [0.15, 0.2) is 9.84 Å². The summed E-state index contributed by atoms with van der Waals surface area (Å²) in [7, 11) is -7.26.